The monoisotopic (exact) mass is 267 g/mol. The lowest BCUT2D eigenvalue weighted by Crippen LogP contribution is -2.35. The van der Waals surface area contributed by atoms with E-state index in [4.69, 9.17) is 11.6 Å². The Balaban J connectivity index is 2.41. The lowest BCUT2D eigenvalue weighted by molar-refractivity contribution is 0.479. The van der Waals surface area contributed by atoms with Gasteiger partial charge in [0.05, 0.1) is 0 Å². The predicted octanol–water partition coefficient (Wildman–Crippen LogP) is 2.75. The third-order valence-corrected chi connectivity index (χ3v) is 2.84. The minimum absolute atomic E-state index is 0.791. The van der Waals surface area contributed by atoms with E-state index in [1.165, 1.54) is 5.56 Å². The van der Waals surface area contributed by atoms with Crippen LogP contribution in [0.25, 0.3) is 0 Å². The van der Waals surface area contributed by atoms with Gasteiger partial charge < -0.3 is 9.80 Å². The van der Waals surface area contributed by atoms with Crippen LogP contribution in [0.2, 0.25) is 5.02 Å². The third-order valence-electron chi connectivity index (χ3n) is 2.59. The lowest BCUT2D eigenvalue weighted by Gasteiger charge is -2.22. The summed E-state index contributed by atoms with van der Waals surface area (Å²) in [5.74, 6) is 1.01. The van der Waals surface area contributed by atoms with E-state index in [-0.39, 0.29) is 0 Å². The summed E-state index contributed by atoms with van der Waals surface area (Å²) < 4.78 is 0. The molecular formula is C14H22ClN3. The molecule has 0 aliphatic carbocycles. The molecule has 0 saturated carbocycles. The first-order chi connectivity index (χ1) is 8.50. The predicted molar refractivity (Wildman–Crippen MR) is 79.4 cm³/mol. The minimum atomic E-state index is 0.791. The van der Waals surface area contributed by atoms with Crippen molar-refractivity contribution >= 4 is 17.6 Å². The highest BCUT2D eigenvalue weighted by molar-refractivity contribution is 6.30. The van der Waals surface area contributed by atoms with Crippen LogP contribution in [0.3, 0.4) is 0 Å². The number of nitrogens with zero attached hydrogens (tertiary/aromatic N) is 3. The first kappa shape index (κ1) is 14.8. The normalized spacial score (nSPS) is 10.1. The van der Waals surface area contributed by atoms with Gasteiger partial charge in [-0.05, 0) is 30.5 Å². The maximum absolute atomic E-state index is 5.85. The topological polar surface area (TPSA) is 18.8 Å². The maximum Gasteiger partial charge on any atom is 0.195 e. The van der Waals surface area contributed by atoms with Crippen LogP contribution in [-0.2, 0) is 6.42 Å². The van der Waals surface area contributed by atoms with Gasteiger partial charge in [0.1, 0.15) is 0 Å². The number of aliphatic imine (C=N–C) groups is 1. The summed E-state index contributed by atoms with van der Waals surface area (Å²) in [7, 11) is 8.05. The van der Waals surface area contributed by atoms with Crippen LogP contribution in [-0.4, -0.2) is 50.5 Å². The zero-order chi connectivity index (χ0) is 13.5. The van der Waals surface area contributed by atoms with Crippen LogP contribution in [0, 0.1) is 0 Å². The van der Waals surface area contributed by atoms with Gasteiger partial charge in [0.25, 0.3) is 0 Å². The molecule has 0 unspecified atom stereocenters. The Hall–Kier alpha value is -1.22. The number of benzene rings is 1. The van der Waals surface area contributed by atoms with Gasteiger partial charge in [0.2, 0.25) is 0 Å². The number of rotatable bonds is 4. The van der Waals surface area contributed by atoms with E-state index >= 15 is 0 Å². The van der Waals surface area contributed by atoms with Crippen molar-refractivity contribution in [3.05, 3.63) is 34.9 Å². The van der Waals surface area contributed by atoms with Crippen molar-refractivity contribution in [3.8, 4) is 0 Å². The summed E-state index contributed by atoms with van der Waals surface area (Å²) in [6.07, 6.45) is 2.08. The Labute approximate surface area is 115 Å². The van der Waals surface area contributed by atoms with Crippen molar-refractivity contribution < 1.29 is 0 Å². The van der Waals surface area contributed by atoms with Gasteiger partial charge in [-0.3, -0.25) is 4.99 Å². The van der Waals surface area contributed by atoms with E-state index in [1.54, 1.807) is 0 Å². The molecule has 0 saturated heterocycles. The van der Waals surface area contributed by atoms with Gasteiger partial charge in [-0.2, -0.15) is 0 Å². The second kappa shape index (κ2) is 7.27. The molecule has 1 rings (SSSR count). The molecule has 1 aromatic rings. The Morgan fingerprint density at radius 2 is 1.61 bits per heavy atom. The first-order valence-corrected chi connectivity index (χ1v) is 6.52. The second-order valence-corrected chi connectivity index (χ2v) is 5.14. The highest BCUT2D eigenvalue weighted by atomic mass is 35.5. The van der Waals surface area contributed by atoms with Crippen molar-refractivity contribution in [2.75, 3.05) is 34.7 Å². The summed E-state index contributed by atoms with van der Waals surface area (Å²) in [5.41, 5.74) is 1.31. The number of guanidine groups is 1. The third kappa shape index (κ3) is 4.96. The van der Waals surface area contributed by atoms with Crippen LogP contribution in [0.1, 0.15) is 12.0 Å². The van der Waals surface area contributed by atoms with Gasteiger partial charge in [-0.1, -0.05) is 23.7 Å². The fraction of sp³-hybridized carbons (Fsp3) is 0.500. The van der Waals surface area contributed by atoms with Crippen LogP contribution in [0.5, 0.6) is 0 Å². The SMILES string of the molecule is CN(C)C(=NCCCc1ccc(Cl)cc1)N(C)C. The molecule has 0 atom stereocenters. The van der Waals surface area contributed by atoms with Crippen LogP contribution in [0.4, 0.5) is 0 Å². The Kier molecular flexibility index (Phi) is 5.99. The number of hydrogen-bond donors (Lipinski definition) is 0. The Bertz CT molecular complexity index is 373. The largest absolute Gasteiger partial charge is 0.349 e. The molecule has 0 spiro atoms. The zero-order valence-electron chi connectivity index (χ0n) is 11.7. The van der Waals surface area contributed by atoms with Gasteiger partial charge in [0.15, 0.2) is 5.96 Å². The molecule has 0 N–H and O–H groups in total. The summed E-state index contributed by atoms with van der Waals surface area (Å²) in [4.78, 5) is 8.66. The van der Waals surface area contributed by atoms with Crippen molar-refractivity contribution in [2.45, 2.75) is 12.8 Å². The van der Waals surface area contributed by atoms with Crippen LogP contribution >= 0.6 is 11.6 Å². The Morgan fingerprint density at radius 1 is 1.06 bits per heavy atom. The van der Waals surface area contributed by atoms with E-state index in [0.717, 1.165) is 30.4 Å². The van der Waals surface area contributed by atoms with E-state index in [1.807, 2.05) is 50.1 Å². The van der Waals surface area contributed by atoms with Crippen molar-refractivity contribution in [1.82, 2.24) is 9.80 Å². The average molecular weight is 268 g/mol. The molecule has 3 nitrogen and oxygen atoms in total. The quantitative estimate of drug-likeness (QED) is 0.475. The number of halogens is 1. The summed E-state index contributed by atoms with van der Waals surface area (Å²) in [6, 6.07) is 8.02. The van der Waals surface area contributed by atoms with Crippen molar-refractivity contribution in [3.63, 3.8) is 0 Å². The molecule has 1 aromatic carbocycles. The highest BCUT2D eigenvalue weighted by Gasteiger charge is 2.02. The minimum Gasteiger partial charge on any atom is -0.349 e. The Morgan fingerprint density at radius 3 is 2.11 bits per heavy atom. The number of hydrogen-bond acceptors (Lipinski definition) is 1. The van der Waals surface area contributed by atoms with E-state index in [0.29, 0.717) is 0 Å². The van der Waals surface area contributed by atoms with Crippen LogP contribution in [0.15, 0.2) is 29.3 Å². The summed E-state index contributed by atoms with van der Waals surface area (Å²) >= 11 is 5.85. The second-order valence-electron chi connectivity index (χ2n) is 4.70. The van der Waals surface area contributed by atoms with E-state index in [2.05, 4.69) is 17.1 Å². The molecule has 0 aliphatic heterocycles. The van der Waals surface area contributed by atoms with Gasteiger partial charge in [-0.15, -0.1) is 0 Å². The van der Waals surface area contributed by atoms with Gasteiger partial charge in [-0.25, -0.2) is 0 Å². The first-order valence-electron chi connectivity index (χ1n) is 6.14. The van der Waals surface area contributed by atoms with Crippen molar-refractivity contribution in [2.24, 2.45) is 4.99 Å². The molecule has 4 heteroatoms. The van der Waals surface area contributed by atoms with Gasteiger partial charge in [0, 0.05) is 39.8 Å². The molecule has 18 heavy (non-hydrogen) atoms. The fourth-order valence-electron chi connectivity index (χ4n) is 1.80. The standard InChI is InChI=1S/C14H22ClN3/c1-17(2)14(18(3)4)16-11-5-6-12-7-9-13(15)10-8-12/h7-10H,5-6,11H2,1-4H3. The highest BCUT2D eigenvalue weighted by Crippen LogP contribution is 2.10. The summed E-state index contributed by atoms with van der Waals surface area (Å²) in [5, 5.41) is 0.791. The fourth-order valence-corrected chi connectivity index (χ4v) is 1.92. The molecule has 0 amide bonds. The molecule has 0 heterocycles. The number of aryl methyl sites for hydroxylation is 1. The molecule has 100 valence electrons. The van der Waals surface area contributed by atoms with E-state index in [9.17, 15) is 0 Å². The molecule has 0 aliphatic rings. The molecule has 0 radical (unpaired) electrons. The zero-order valence-corrected chi connectivity index (χ0v) is 12.4. The molecule has 0 bridgehead atoms. The average Bonchev–Trinajstić information content (AvgIpc) is 2.30. The maximum atomic E-state index is 5.85. The molecular weight excluding hydrogens is 246 g/mol. The van der Waals surface area contributed by atoms with E-state index < -0.39 is 0 Å². The van der Waals surface area contributed by atoms with Crippen molar-refractivity contribution in [1.29, 1.82) is 0 Å². The summed E-state index contributed by atoms with van der Waals surface area (Å²) in [6.45, 7) is 0.842. The molecule has 0 fully saturated rings. The van der Waals surface area contributed by atoms with Crippen LogP contribution < -0.4 is 0 Å². The lowest BCUT2D eigenvalue weighted by atomic mass is 10.1. The molecule has 0 aromatic heterocycles. The smallest absolute Gasteiger partial charge is 0.195 e. The van der Waals surface area contributed by atoms with Gasteiger partial charge >= 0.3 is 0 Å².